The molecule has 0 unspecified atom stereocenters. The first kappa shape index (κ1) is 22.3. The molecule has 0 bridgehead atoms. The Morgan fingerprint density at radius 2 is 1.82 bits per heavy atom. The Morgan fingerprint density at radius 1 is 1.12 bits per heavy atom. The minimum Gasteiger partial charge on any atom is -0.366 e. The first-order chi connectivity index (χ1) is 15.9. The quantitative estimate of drug-likeness (QED) is 0.494. The van der Waals surface area contributed by atoms with E-state index in [1.807, 2.05) is 35.0 Å². The van der Waals surface area contributed by atoms with E-state index in [0.29, 0.717) is 30.0 Å². The second-order valence-corrected chi connectivity index (χ2v) is 9.78. The number of nitrogens with zero attached hydrogens (tertiary/aromatic N) is 7. The van der Waals surface area contributed by atoms with Crippen molar-refractivity contribution in [2.24, 2.45) is 0 Å². The molecular weight excluding hydrogens is 458 g/mol. The lowest BCUT2D eigenvalue weighted by Gasteiger charge is -2.35. The van der Waals surface area contributed by atoms with Crippen LogP contribution in [0.4, 0.5) is 5.69 Å². The van der Waals surface area contributed by atoms with Crippen molar-refractivity contribution in [1.29, 1.82) is 0 Å². The molecule has 3 heterocycles. The molecule has 10 heteroatoms. The van der Waals surface area contributed by atoms with Crippen LogP contribution in [0.25, 0.3) is 5.69 Å². The van der Waals surface area contributed by atoms with Gasteiger partial charge in [-0.2, -0.15) is 14.9 Å². The predicted octanol–water partition coefficient (Wildman–Crippen LogP) is 3.85. The van der Waals surface area contributed by atoms with Crippen LogP contribution in [0.3, 0.4) is 0 Å². The number of piperazine rings is 1. The molecule has 1 aliphatic heterocycles. The van der Waals surface area contributed by atoms with Crippen LogP contribution in [0.2, 0.25) is 5.02 Å². The minimum atomic E-state index is -0.305. The molecule has 0 amide bonds. The monoisotopic (exact) mass is 485 g/mol. The highest BCUT2D eigenvalue weighted by Crippen LogP contribution is 2.37. The zero-order chi connectivity index (χ0) is 23.1. The standard InChI is InChI=1S/C23H28ClN7OS/c1-16(2)21-26-29(23(33)30(21)17-8-9-17)15-27-10-12-28(13-11-27)19-14-25-31(22(32)20(19)24)18-6-4-3-5-7-18/h3-7,14,16-17H,8-13,15H2,1-2H3. The Bertz CT molecular complexity index is 1250. The summed E-state index contributed by atoms with van der Waals surface area (Å²) in [6.45, 7) is 8.17. The van der Waals surface area contributed by atoms with Crippen LogP contribution >= 0.6 is 23.8 Å². The van der Waals surface area contributed by atoms with Gasteiger partial charge in [0.2, 0.25) is 0 Å². The highest BCUT2D eigenvalue weighted by atomic mass is 35.5. The number of hydrogen-bond acceptors (Lipinski definition) is 6. The highest BCUT2D eigenvalue weighted by Gasteiger charge is 2.30. The van der Waals surface area contributed by atoms with E-state index in [1.54, 1.807) is 6.20 Å². The molecule has 1 aromatic carbocycles. The van der Waals surface area contributed by atoms with E-state index in [0.717, 1.165) is 36.8 Å². The third kappa shape index (κ3) is 4.37. The summed E-state index contributed by atoms with van der Waals surface area (Å²) in [6.07, 6.45) is 4.07. The first-order valence-electron chi connectivity index (χ1n) is 11.4. The van der Waals surface area contributed by atoms with Gasteiger partial charge in [0.05, 0.1) is 24.2 Å². The van der Waals surface area contributed by atoms with E-state index < -0.39 is 0 Å². The van der Waals surface area contributed by atoms with Gasteiger partial charge >= 0.3 is 0 Å². The number of para-hydroxylation sites is 1. The Kier molecular flexibility index (Phi) is 6.11. The maximum Gasteiger partial charge on any atom is 0.292 e. The fraction of sp³-hybridized carbons (Fsp3) is 0.478. The van der Waals surface area contributed by atoms with E-state index >= 15 is 0 Å². The van der Waals surface area contributed by atoms with Crippen molar-refractivity contribution in [3.8, 4) is 5.69 Å². The van der Waals surface area contributed by atoms with Gasteiger partial charge in [-0.15, -0.1) is 0 Å². The van der Waals surface area contributed by atoms with E-state index in [2.05, 4.69) is 33.3 Å². The molecule has 1 saturated heterocycles. The number of anilines is 1. The van der Waals surface area contributed by atoms with Gasteiger partial charge in [0.25, 0.3) is 5.56 Å². The molecule has 2 aromatic heterocycles. The molecule has 8 nitrogen and oxygen atoms in total. The maximum atomic E-state index is 12.8. The summed E-state index contributed by atoms with van der Waals surface area (Å²) in [5, 5.41) is 9.42. The fourth-order valence-electron chi connectivity index (χ4n) is 4.32. The van der Waals surface area contributed by atoms with Crippen LogP contribution in [0.5, 0.6) is 0 Å². The summed E-state index contributed by atoms with van der Waals surface area (Å²) in [5.41, 5.74) is 1.08. The number of aromatic nitrogens is 5. The fourth-order valence-corrected chi connectivity index (χ4v) is 4.91. The van der Waals surface area contributed by atoms with Crippen LogP contribution in [0.15, 0.2) is 41.3 Å². The summed E-state index contributed by atoms with van der Waals surface area (Å²) < 4.78 is 6.38. The van der Waals surface area contributed by atoms with Gasteiger partial charge in [0.1, 0.15) is 10.8 Å². The van der Waals surface area contributed by atoms with Gasteiger partial charge in [0.15, 0.2) is 4.77 Å². The summed E-state index contributed by atoms with van der Waals surface area (Å²) in [6, 6.07) is 9.83. The number of benzene rings is 1. The molecule has 5 rings (SSSR count). The van der Waals surface area contributed by atoms with Crippen molar-refractivity contribution in [3.05, 3.63) is 62.5 Å². The zero-order valence-corrected chi connectivity index (χ0v) is 20.5. The zero-order valence-electron chi connectivity index (χ0n) is 18.9. The molecule has 0 atom stereocenters. The Labute approximate surface area is 203 Å². The number of rotatable bonds is 6. The average molecular weight is 486 g/mol. The molecule has 2 aliphatic rings. The molecule has 174 valence electrons. The molecule has 3 aromatic rings. The van der Waals surface area contributed by atoms with Crippen molar-refractivity contribution in [2.75, 3.05) is 31.1 Å². The highest BCUT2D eigenvalue weighted by molar-refractivity contribution is 7.71. The van der Waals surface area contributed by atoms with E-state index in [-0.39, 0.29) is 10.6 Å². The van der Waals surface area contributed by atoms with E-state index in [4.69, 9.17) is 28.9 Å². The summed E-state index contributed by atoms with van der Waals surface area (Å²) in [7, 11) is 0. The predicted molar refractivity (Wildman–Crippen MR) is 132 cm³/mol. The molecule has 1 aliphatic carbocycles. The van der Waals surface area contributed by atoms with Crippen LogP contribution in [0, 0.1) is 4.77 Å². The normalized spacial score (nSPS) is 17.2. The summed E-state index contributed by atoms with van der Waals surface area (Å²) >= 11 is 12.3. The van der Waals surface area contributed by atoms with Gasteiger partial charge in [-0.1, -0.05) is 43.6 Å². The van der Waals surface area contributed by atoms with Crippen molar-refractivity contribution < 1.29 is 0 Å². The molecule has 0 N–H and O–H groups in total. The van der Waals surface area contributed by atoms with Crippen LogP contribution in [-0.2, 0) is 6.67 Å². The van der Waals surface area contributed by atoms with Crippen LogP contribution in [0.1, 0.15) is 44.5 Å². The third-order valence-corrected chi connectivity index (χ3v) is 7.04. The molecular formula is C23H28ClN7OS. The smallest absolute Gasteiger partial charge is 0.292 e. The van der Waals surface area contributed by atoms with Crippen molar-refractivity contribution in [2.45, 2.75) is 45.3 Å². The Hall–Kier alpha value is -2.49. The lowest BCUT2D eigenvalue weighted by Crippen LogP contribution is -2.47. The third-order valence-electron chi connectivity index (χ3n) is 6.27. The van der Waals surface area contributed by atoms with E-state index in [9.17, 15) is 4.79 Å². The van der Waals surface area contributed by atoms with Gasteiger partial charge < -0.3 is 9.47 Å². The Morgan fingerprint density at radius 3 is 2.45 bits per heavy atom. The summed E-state index contributed by atoms with van der Waals surface area (Å²) in [5.74, 6) is 1.43. The molecule has 33 heavy (non-hydrogen) atoms. The van der Waals surface area contributed by atoms with Crippen molar-refractivity contribution >= 4 is 29.5 Å². The van der Waals surface area contributed by atoms with Gasteiger partial charge in [-0.25, -0.2) is 4.68 Å². The molecule has 1 saturated carbocycles. The van der Waals surface area contributed by atoms with Crippen LogP contribution < -0.4 is 10.5 Å². The minimum absolute atomic E-state index is 0.203. The van der Waals surface area contributed by atoms with Gasteiger partial charge in [-0.3, -0.25) is 9.69 Å². The van der Waals surface area contributed by atoms with Crippen molar-refractivity contribution in [3.63, 3.8) is 0 Å². The average Bonchev–Trinajstić information content (AvgIpc) is 3.60. The lowest BCUT2D eigenvalue weighted by atomic mass is 10.2. The number of halogens is 1. The molecule has 0 spiro atoms. The van der Waals surface area contributed by atoms with Crippen molar-refractivity contribution in [1.82, 2.24) is 29.0 Å². The maximum absolute atomic E-state index is 12.8. The summed E-state index contributed by atoms with van der Waals surface area (Å²) in [4.78, 5) is 17.3. The molecule has 0 radical (unpaired) electrons. The topological polar surface area (TPSA) is 64.1 Å². The first-order valence-corrected chi connectivity index (χ1v) is 12.2. The SMILES string of the molecule is CC(C)c1nn(CN2CCN(c3cnn(-c4ccccc4)c(=O)c3Cl)CC2)c(=S)n1C1CC1. The molecule has 2 fully saturated rings. The largest absolute Gasteiger partial charge is 0.366 e. The lowest BCUT2D eigenvalue weighted by molar-refractivity contribution is 0.193. The second-order valence-electron chi connectivity index (χ2n) is 9.04. The van der Waals surface area contributed by atoms with Crippen LogP contribution in [-0.4, -0.2) is 55.2 Å². The van der Waals surface area contributed by atoms with Gasteiger partial charge in [0, 0.05) is 38.1 Å². The number of hydrogen-bond donors (Lipinski definition) is 0. The van der Waals surface area contributed by atoms with E-state index in [1.165, 1.54) is 17.5 Å². The Balaban J connectivity index is 1.28. The second kappa shape index (κ2) is 9.04. The van der Waals surface area contributed by atoms with Gasteiger partial charge in [-0.05, 0) is 37.2 Å².